The van der Waals surface area contributed by atoms with Crippen LogP contribution >= 0.6 is 11.6 Å². The molecule has 2 aromatic rings. The van der Waals surface area contributed by atoms with Gasteiger partial charge in [-0.3, -0.25) is 4.98 Å². The van der Waals surface area contributed by atoms with E-state index in [0.29, 0.717) is 5.02 Å². The van der Waals surface area contributed by atoms with E-state index in [2.05, 4.69) is 17.2 Å². The second kappa shape index (κ2) is 5.84. The topological polar surface area (TPSA) is 38.1 Å². The van der Waals surface area contributed by atoms with Crippen LogP contribution in [0.15, 0.2) is 41.3 Å². The second-order valence-electron chi connectivity index (χ2n) is 3.82. The summed E-state index contributed by atoms with van der Waals surface area (Å²) in [7, 11) is 0. The first-order chi connectivity index (χ1) is 8.31. The zero-order valence-corrected chi connectivity index (χ0v) is 10.4. The number of likely N-dealkylation sites (N-methyl/N-ethyl adjacent to an activating group) is 1. The molecule has 2 rings (SSSR count). The van der Waals surface area contributed by atoms with Crippen LogP contribution in [0.25, 0.3) is 0 Å². The summed E-state index contributed by atoms with van der Waals surface area (Å²) in [6.45, 7) is 2.94. The summed E-state index contributed by atoms with van der Waals surface area (Å²) in [4.78, 5) is 4.35. The molecular formula is C13H15ClN2O. The molecule has 1 atom stereocenters. The predicted molar refractivity (Wildman–Crippen MR) is 68.1 cm³/mol. The van der Waals surface area contributed by atoms with E-state index in [1.165, 1.54) is 0 Å². The van der Waals surface area contributed by atoms with Gasteiger partial charge in [0.05, 0.1) is 29.3 Å². The number of hydrogen-bond acceptors (Lipinski definition) is 3. The van der Waals surface area contributed by atoms with E-state index in [1.54, 1.807) is 18.7 Å². The molecule has 17 heavy (non-hydrogen) atoms. The summed E-state index contributed by atoms with van der Waals surface area (Å²) in [6.07, 6.45) is 6.02. The van der Waals surface area contributed by atoms with Gasteiger partial charge in [0.15, 0.2) is 0 Å². The number of rotatable bonds is 5. The van der Waals surface area contributed by atoms with Crippen molar-refractivity contribution in [2.45, 2.75) is 19.4 Å². The van der Waals surface area contributed by atoms with Gasteiger partial charge < -0.3 is 9.73 Å². The second-order valence-corrected chi connectivity index (χ2v) is 4.22. The molecule has 0 aliphatic heterocycles. The molecule has 4 heteroatoms. The molecule has 2 heterocycles. The van der Waals surface area contributed by atoms with Gasteiger partial charge in [-0.1, -0.05) is 18.5 Å². The minimum atomic E-state index is 0.117. The number of pyridine rings is 1. The van der Waals surface area contributed by atoms with Crippen LogP contribution in [0.5, 0.6) is 0 Å². The Hall–Kier alpha value is -1.32. The van der Waals surface area contributed by atoms with Gasteiger partial charge in [-0.25, -0.2) is 0 Å². The van der Waals surface area contributed by atoms with Gasteiger partial charge in [0.1, 0.15) is 0 Å². The molecular weight excluding hydrogens is 236 g/mol. The Labute approximate surface area is 106 Å². The van der Waals surface area contributed by atoms with Crippen LogP contribution in [0.4, 0.5) is 0 Å². The third-order valence-electron chi connectivity index (χ3n) is 2.59. The smallest absolute Gasteiger partial charge is 0.0935 e. The molecule has 3 nitrogen and oxygen atoms in total. The van der Waals surface area contributed by atoms with Crippen molar-refractivity contribution >= 4 is 11.6 Å². The number of nitrogens with zero attached hydrogens (tertiary/aromatic N) is 1. The largest absolute Gasteiger partial charge is 0.472 e. The van der Waals surface area contributed by atoms with Gasteiger partial charge >= 0.3 is 0 Å². The molecule has 0 saturated heterocycles. The van der Waals surface area contributed by atoms with Crippen LogP contribution in [-0.2, 0) is 6.42 Å². The van der Waals surface area contributed by atoms with Crippen LogP contribution in [0.2, 0.25) is 5.02 Å². The lowest BCUT2D eigenvalue weighted by atomic mass is 10.1. The van der Waals surface area contributed by atoms with Crippen molar-refractivity contribution in [3.63, 3.8) is 0 Å². The Morgan fingerprint density at radius 1 is 1.47 bits per heavy atom. The van der Waals surface area contributed by atoms with Gasteiger partial charge in [-0.15, -0.1) is 0 Å². The molecule has 1 N–H and O–H groups in total. The molecule has 2 aromatic heterocycles. The molecule has 0 spiro atoms. The van der Waals surface area contributed by atoms with Gasteiger partial charge in [-0.05, 0) is 36.7 Å². The van der Waals surface area contributed by atoms with Crippen molar-refractivity contribution in [3.05, 3.63) is 53.2 Å². The molecule has 0 aromatic carbocycles. The van der Waals surface area contributed by atoms with E-state index in [4.69, 9.17) is 16.0 Å². The molecule has 0 saturated carbocycles. The minimum Gasteiger partial charge on any atom is -0.472 e. The van der Waals surface area contributed by atoms with Crippen molar-refractivity contribution in [2.75, 3.05) is 6.54 Å². The summed E-state index contributed by atoms with van der Waals surface area (Å²) in [5, 5.41) is 4.09. The molecule has 0 fully saturated rings. The van der Waals surface area contributed by atoms with Crippen molar-refractivity contribution in [2.24, 2.45) is 0 Å². The van der Waals surface area contributed by atoms with Crippen LogP contribution in [0.3, 0.4) is 0 Å². The van der Waals surface area contributed by atoms with Crippen LogP contribution in [0, 0.1) is 0 Å². The molecule has 0 amide bonds. The minimum absolute atomic E-state index is 0.117. The summed E-state index contributed by atoms with van der Waals surface area (Å²) < 4.78 is 5.08. The quantitative estimate of drug-likeness (QED) is 0.886. The van der Waals surface area contributed by atoms with Crippen molar-refractivity contribution in [1.82, 2.24) is 10.3 Å². The first-order valence-electron chi connectivity index (χ1n) is 5.66. The lowest BCUT2D eigenvalue weighted by molar-refractivity contribution is 0.526. The van der Waals surface area contributed by atoms with Gasteiger partial charge in [0.25, 0.3) is 0 Å². The Morgan fingerprint density at radius 3 is 3.00 bits per heavy atom. The lowest BCUT2D eigenvalue weighted by Gasteiger charge is -2.17. The van der Waals surface area contributed by atoms with E-state index >= 15 is 0 Å². The Kier molecular flexibility index (Phi) is 4.18. The highest BCUT2D eigenvalue weighted by Crippen LogP contribution is 2.23. The Balaban J connectivity index is 2.20. The van der Waals surface area contributed by atoms with E-state index in [1.807, 2.05) is 18.2 Å². The third-order valence-corrected chi connectivity index (χ3v) is 2.91. The summed E-state index contributed by atoms with van der Waals surface area (Å²) >= 11 is 6.17. The van der Waals surface area contributed by atoms with Crippen molar-refractivity contribution in [1.29, 1.82) is 0 Å². The summed E-state index contributed by atoms with van der Waals surface area (Å²) in [6, 6.07) is 5.78. The van der Waals surface area contributed by atoms with E-state index in [0.717, 1.165) is 24.2 Å². The van der Waals surface area contributed by atoms with Crippen molar-refractivity contribution in [3.8, 4) is 0 Å². The fraction of sp³-hybridized carbons (Fsp3) is 0.308. The number of hydrogen-bond donors (Lipinski definition) is 1. The third kappa shape index (κ3) is 3.08. The lowest BCUT2D eigenvalue weighted by Crippen LogP contribution is -2.24. The van der Waals surface area contributed by atoms with Gasteiger partial charge in [0, 0.05) is 6.20 Å². The first kappa shape index (κ1) is 12.1. The average Bonchev–Trinajstić information content (AvgIpc) is 2.82. The molecule has 0 aliphatic carbocycles. The summed E-state index contributed by atoms with van der Waals surface area (Å²) in [5.41, 5.74) is 2.02. The number of aromatic nitrogens is 1. The average molecular weight is 251 g/mol. The Bertz CT molecular complexity index is 456. The fourth-order valence-electron chi connectivity index (χ4n) is 1.81. The summed E-state index contributed by atoms with van der Waals surface area (Å²) in [5.74, 6) is 0. The van der Waals surface area contributed by atoms with Crippen LogP contribution in [0.1, 0.15) is 24.2 Å². The van der Waals surface area contributed by atoms with Crippen LogP contribution < -0.4 is 5.32 Å². The number of halogens is 1. The Morgan fingerprint density at radius 2 is 2.35 bits per heavy atom. The van der Waals surface area contributed by atoms with Crippen LogP contribution in [-0.4, -0.2) is 11.5 Å². The maximum atomic E-state index is 6.17. The predicted octanol–water partition coefficient (Wildman–Crippen LogP) is 3.22. The zero-order chi connectivity index (χ0) is 12.1. The monoisotopic (exact) mass is 250 g/mol. The normalized spacial score (nSPS) is 12.6. The highest BCUT2D eigenvalue weighted by Gasteiger charge is 2.15. The molecule has 0 bridgehead atoms. The molecule has 90 valence electrons. The zero-order valence-electron chi connectivity index (χ0n) is 9.69. The van der Waals surface area contributed by atoms with Gasteiger partial charge in [-0.2, -0.15) is 0 Å². The highest BCUT2D eigenvalue weighted by atomic mass is 35.5. The molecule has 0 radical (unpaired) electrons. The first-order valence-corrected chi connectivity index (χ1v) is 6.04. The SMILES string of the molecule is CCNC(Cc1ccoc1)c1ncccc1Cl. The standard InChI is InChI=1S/C13H15ClN2O/c1-2-15-12(8-10-5-7-17-9-10)13-11(14)4-3-6-16-13/h3-7,9,12,15H,2,8H2,1H3. The van der Waals surface area contributed by atoms with E-state index in [-0.39, 0.29) is 6.04 Å². The molecule has 0 aliphatic rings. The molecule has 1 unspecified atom stereocenters. The van der Waals surface area contributed by atoms with Crippen molar-refractivity contribution < 1.29 is 4.42 Å². The maximum Gasteiger partial charge on any atom is 0.0935 e. The van der Waals surface area contributed by atoms with E-state index < -0.39 is 0 Å². The van der Waals surface area contributed by atoms with E-state index in [9.17, 15) is 0 Å². The highest BCUT2D eigenvalue weighted by molar-refractivity contribution is 6.31. The number of nitrogens with one attached hydrogen (secondary N) is 1. The number of furan rings is 1. The van der Waals surface area contributed by atoms with Gasteiger partial charge in [0.2, 0.25) is 0 Å². The maximum absolute atomic E-state index is 6.17. The fourth-order valence-corrected chi connectivity index (χ4v) is 2.06.